The van der Waals surface area contributed by atoms with Crippen molar-refractivity contribution in [2.45, 2.75) is 0 Å². The molecule has 10 rings (SSSR count). The van der Waals surface area contributed by atoms with Crippen molar-refractivity contribution in [1.29, 1.82) is 0 Å². The standard InChI is InChI=1S/C34H16/c1-2-4-23-20(3-1)16-26-25-13-11-19-8-7-17-5-6-18-9-10-21-15-22-12-14-24(23)32(26)31(22)34-30(21)28(18)27(17)29(19)33(25)34/h1-16H. The molecule has 34 heavy (non-hydrogen) atoms. The van der Waals surface area contributed by atoms with Gasteiger partial charge in [-0.1, -0.05) is 84.9 Å². The molecule has 0 saturated heterocycles. The van der Waals surface area contributed by atoms with Crippen molar-refractivity contribution in [2.24, 2.45) is 0 Å². The summed E-state index contributed by atoms with van der Waals surface area (Å²) >= 11 is 0. The normalized spacial score (nSPS) is 13.3. The third-order valence-corrected chi connectivity index (χ3v) is 8.59. The maximum Gasteiger partial charge on any atom is -0.000115 e. The molecule has 0 aliphatic heterocycles. The Morgan fingerprint density at radius 1 is 0.235 bits per heavy atom. The highest BCUT2D eigenvalue weighted by atomic mass is 14.3. The van der Waals surface area contributed by atoms with E-state index in [1.54, 1.807) is 0 Å². The summed E-state index contributed by atoms with van der Waals surface area (Å²) in [5, 5.41) is 25.0. The lowest BCUT2D eigenvalue weighted by molar-refractivity contribution is 1.80. The molecule has 0 N–H and O–H groups in total. The minimum Gasteiger partial charge on any atom is -0.0616 e. The topological polar surface area (TPSA) is 0 Å². The molecule has 0 heteroatoms. The fraction of sp³-hybridized carbons (Fsp3) is 0. The van der Waals surface area contributed by atoms with Crippen LogP contribution in [-0.2, 0) is 0 Å². The van der Waals surface area contributed by atoms with Gasteiger partial charge in [0.15, 0.2) is 0 Å². The Hall–Kier alpha value is -4.42. The summed E-state index contributed by atoms with van der Waals surface area (Å²) in [6.45, 7) is 0. The lowest BCUT2D eigenvalue weighted by atomic mass is 9.79. The first-order chi connectivity index (χ1) is 16.9. The fourth-order valence-corrected chi connectivity index (χ4v) is 7.30. The van der Waals surface area contributed by atoms with E-state index in [1.165, 1.54) is 97.0 Å². The largest absolute Gasteiger partial charge is 0.0616 e. The highest BCUT2D eigenvalue weighted by Gasteiger charge is 2.24. The van der Waals surface area contributed by atoms with E-state index in [4.69, 9.17) is 0 Å². The molecule has 0 fully saturated rings. The molecule has 10 aromatic rings. The fourth-order valence-electron chi connectivity index (χ4n) is 7.30. The van der Waals surface area contributed by atoms with Gasteiger partial charge in [-0.05, 0) is 109 Å². The lowest BCUT2D eigenvalue weighted by Crippen LogP contribution is -1.95. The van der Waals surface area contributed by atoms with E-state index < -0.39 is 0 Å². The number of benzene rings is 10. The second-order valence-corrected chi connectivity index (χ2v) is 10.1. The highest BCUT2D eigenvalue weighted by Crippen LogP contribution is 2.53. The van der Waals surface area contributed by atoms with E-state index in [9.17, 15) is 0 Å². The monoisotopic (exact) mass is 424 g/mol. The summed E-state index contributed by atoms with van der Waals surface area (Å²) in [5.74, 6) is 0. The van der Waals surface area contributed by atoms with Crippen LogP contribution in [0.2, 0.25) is 0 Å². The molecule has 0 aromatic heterocycles. The van der Waals surface area contributed by atoms with Crippen molar-refractivity contribution in [3.05, 3.63) is 97.1 Å². The van der Waals surface area contributed by atoms with Gasteiger partial charge < -0.3 is 0 Å². The van der Waals surface area contributed by atoms with Crippen LogP contribution in [0.1, 0.15) is 0 Å². The summed E-state index contributed by atoms with van der Waals surface area (Å²) in [7, 11) is 0. The van der Waals surface area contributed by atoms with Crippen molar-refractivity contribution in [3.8, 4) is 0 Å². The van der Waals surface area contributed by atoms with Gasteiger partial charge in [0.2, 0.25) is 0 Å². The molecule has 0 aliphatic rings. The molecule has 0 bridgehead atoms. The molecule has 0 spiro atoms. The maximum atomic E-state index is 2.43. The van der Waals surface area contributed by atoms with Crippen LogP contribution in [0.25, 0.3) is 97.0 Å². The molecule has 0 amide bonds. The number of fused-ring (bicyclic) bond motifs is 3. The van der Waals surface area contributed by atoms with Gasteiger partial charge in [-0.25, -0.2) is 0 Å². The predicted molar refractivity (Wildman–Crippen MR) is 149 cm³/mol. The molecule has 0 saturated carbocycles. The van der Waals surface area contributed by atoms with Gasteiger partial charge in [-0.3, -0.25) is 0 Å². The molecule has 0 nitrogen and oxygen atoms in total. The van der Waals surface area contributed by atoms with Crippen LogP contribution in [0, 0.1) is 0 Å². The summed E-state index contributed by atoms with van der Waals surface area (Å²) in [5.41, 5.74) is 0. The van der Waals surface area contributed by atoms with Gasteiger partial charge in [0, 0.05) is 0 Å². The third-order valence-electron chi connectivity index (χ3n) is 8.59. The predicted octanol–water partition coefficient (Wildman–Crippen LogP) is 9.82. The molecule has 10 aromatic carbocycles. The van der Waals surface area contributed by atoms with E-state index in [0.717, 1.165) is 0 Å². The van der Waals surface area contributed by atoms with Gasteiger partial charge in [0.25, 0.3) is 0 Å². The van der Waals surface area contributed by atoms with E-state index in [-0.39, 0.29) is 0 Å². The van der Waals surface area contributed by atoms with Crippen LogP contribution in [0.4, 0.5) is 0 Å². The Bertz CT molecular complexity index is 2420. The zero-order valence-corrected chi connectivity index (χ0v) is 18.2. The maximum absolute atomic E-state index is 2.43. The zero-order chi connectivity index (χ0) is 21.7. The molecule has 0 aliphatic carbocycles. The Morgan fingerprint density at radius 2 is 0.735 bits per heavy atom. The summed E-state index contributed by atoms with van der Waals surface area (Å²) in [4.78, 5) is 0. The van der Waals surface area contributed by atoms with Gasteiger partial charge in [-0.15, -0.1) is 0 Å². The molecular weight excluding hydrogens is 408 g/mol. The number of rotatable bonds is 0. The number of hydrogen-bond donors (Lipinski definition) is 0. The van der Waals surface area contributed by atoms with Gasteiger partial charge >= 0.3 is 0 Å². The average molecular weight is 425 g/mol. The smallest absolute Gasteiger partial charge is 0.000115 e. The summed E-state index contributed by atoms with van der Waals surface area (Å²) < 4.78 is 0. The molecule has 0 atom stereocenters. The summed E-state index contributed by atoms with van der Waals surface area (Å²) in [6, 6.07) is 37.0. The first kappa shape index (κ1) is 16.2. The second-order valence-electron chi connectivity index (χ2n) is 10.1. The Kier molecular flexibility index (Phi) is 2.41. The van der Waals surface area contributed by atoms with Crippen LogP contribution in [0.15, 0.2) is 97.1 Å². The SMILES string of the molecule is c1ccc2c(c1)cc1c3ccc4ccc5ccc6ccc7cc8ccc2c1c8c1c7c6c5c4c31. The van der Waals surface area contributed by atoms with E-state index >= 15 is 0 Å². The van der Waals surface area contributed by atoms with Crippen molar-refractivity contribution in [3.63, 3.8) is 0 Å². The molecule has 152 valence electrons. The second kappa shape index (κ2) is 5.05. The molecular formula is C34H16. The highest BCUT2D eigenvalue weighted by molar-refractivity contribution is 6.51. The first-order valence-corrected chi connectivity index (χ1v) is 12.0. The van der Waals surface area contributed by atoms with E-state index in [0.29, 0.717) is 0 Å². The molecule has 0 heterocycles. The van der Waals surface area contributed by atoms with Crippen molar-refractivity contribution in [1.82, 2.24) is 0 Å². The average Bonchev–Trinajstić information content (AvgIpc) is 2.90. The van der Waals surface area contributed by atoms with Crippen LogP contribution < -0.4 is 0 Å². The van der Waals surface area contributed by atoms with Gasteiger partial charge in [0.1, 0.15) is 0 Å². The third kappa shape index (κ3) is 1.57. The first-order valence-electron chi connectivity index (χ1n) is 12.0. The van der Waals surface area contributed by atoms with Crippen LogP contribution in [-0.4, -0.2) is 0 Å². The van der Waals surface area contributed by atoms with Crippen LogP contribution in [0.5, 0.6) is 0 Å². The Morgan fingerprint density at radius 3 is 1.47 bits per heavy atom. The lowest BCUT2D eigenvalue weighted by Gasteiger charge is -2.24. The number of hydrogen-bond acceptors (Lipinski definition) is 0. The summed E-state index contributed by atoms with van der Waals surface area (Å²) in [6.07, 6.45) is 0. The minimum atomic E-state index is 1.32. The van der Waals surface area contributed by atoms with Gasteiger partial charge in [0.05, 0.1) is 0 Å². The molecule has 0 unspecified atom stereocenters. The van der Waals surface area contributed by atoms with Crippen LogP contribution >= 0.6 is 0 Å². The van der Waals surface area contributed by atoms with Crippen LogP contribution in [0.3, 0.4) is 0 Å². The quantitative estimate of drug-likeness (QED) is 0.168. The van der Waals surface area contributed by atoms with Crippen molar-refractivity contribution < 1.29 is 0 Å². The Labute approximate surface area is 193 Å². The van der Waals surface area contributed by atoms with E-state index in [1.807, 2.05) is 0 Å². The zero-order valence-electron chi connectivity index (χ0n) is 18.2. The van der Waals surface area contributed by atoms with Crippen molar-refractivity contribution in [2.75, 3.05) is 0 Å². The van der Waals surface area contributed by atoms with Gasteiger partial charge in [-0.2, -0.15) is 0 Å². The van der Waals surface area contributed by atoms with E-state index in [2.05, 4.69) is 97.1 Å². The van der Waals surface area contributed by atoms with Crippen molar-refractivity contribution >= 4 is 97.0 Å². The molecule has 0 radical (unpaired) electrons. The Balaban J connectivity index is 1.73. The minimum absolute atomic E-state index is 1.32.